The molecule has 0 spiro atoms. The summed E-state index contributed by atoms with van der Waals surface area (Å²) in [5.74, 6) is 0.0463. The van der Waals surface area contributed by atoms with E-state index in [2.05, 4.69) is 5.32 Å². The zero-order chi connectivity index (χ0) is 19.4. The Morgan fingerprint density at radius 2 is 1.81 bits per heavy atom. The molecule has 0 fully saturated rings. The van der Waals surface area contributed by atoms with Crippen molar-refractivity contribution in [1.82, 2.24) is 0 Å². The number of benzene rings is 2. The van der Waals surface area contributed by atoms with Crippen molar-refractivity contribution in [1.29, 1.82) is 5.26 Å². The molecule has 2 rings (SSSR count). The fraction of sp³-hybridized carbons (Fsp3) is 0.200. The van der Waals surface area contributed by atoms with Crippen LogP contribution < -0.4 is 10.1 Å². The van der Waals surface area contributed by atoms with Crippen molar-refractivity contribution < 1.29 is 14.6 Å². The number of anilines is 1. The van der Waals surface area contributed by atoms with Gasteiger partial charge in [0.1, 0.15) is 23.1 Å². The Labute approximate surface area is 157 Å². The van der Waals surface area contributed by atoms with Gasteiger partial charge in [-0.15, -0.1) is 0 Å². The molecule has 0 saturated heterocycles. The molecule has 0 radical (unpaired) electrons. The Kier molecular flexibility index (Phi) is 5.91. The Bertz CT molecular complexity index is 920. The molecule has 0 atom stereocenters. The second-order valence-electron chi connectivity index (χ2n) is 5.93. The predicted molar refractivity (Wildman–Crippen MR) is 103 cm³/mol. The summed E-state index contributed by atoms with van der Waals surface area (Å²) in [4.78, 5) is 12.5. The first-order valence-electron chi connectivity index (χ1n) is 7.84. The van der Waals surface area contributed by atoms with Crippen molar-refractivity contribution in [3.05, 3.63) is 57.1 Å². The minimum Gasteiger partial charge on any atom is -0.507 e. The van der Waals surface area contributed by atoms with Crippen LogP contribution in [-0.4, -0.2) is 18.1 Å². The third-order valence-electron chi connectivity index (χ3n) is 3.92. The van der Waals surface area contributed by atoms with E-state index < -0.39 is 5.91 Å². The van der Waals surface area contributed by atoms with Crippen LogP contribution in [0.25, 0.3) is 6.08 Å². The van der Waals surface area contributed by atoms with Crippen LogP contribution in [0.3, 0.4) is 0 Å². The Hall–Kier alpha value is -2.97. The monoisotopic (exact) mass is 370 g/mol. The molecule has 0 bridgehead atoms. The number of hydrogen-bond acceptors (Lipinski definition) is 4. The zero-order valence-electron chi connectivity index (χ0n) is 15.0. The van der Waals surface area contributed by atoms with E-state index in [1.807, 2.05) is 6.07 Å². The SMILES string of the molecule is COc1cc(Cl)c(C)cc1NC(=O)/C(C#N)=C/c1cc(C)c(O)c(C)c1. The number of aromatic hydroxyl groups is 1. The largest absolute Gasteiger partial charge is 0.507 e. The van der Waals surface area contributed by atoms with E-state index in [1.165, 1.54) is 13.2 Å². The van der Waals surface area contributed by atoms with E-state index >= 15 is 0 Å². The first-order chi connectivity index (χ1) is 12.3. The molecule has 0 saturated carbocycles. The van der Waals surface area contributed by atoms with E-state index in [0.29, 0.717) is 33.1 Å². The summed E-state index contributed by atoms with van der Waals surface area (Å²) in [7, 11) is 1.47. The molecular weight excluding hydrogens is 352 g/mol. The highest BCUT2D eigenvalue weighted by atomic mass is 35.5. The lowest BCUT2D eigenvalue weighted by atomic mass is 10.0. The molecule has 2 aromatic rings. The topological polar surface area (TPSA) is 82.3 Å². The molecule has 134 valence electrons. The van der Waals surface area contributed by atoms with Crippen molar-refractivity contribution >= 4 is 29.3 Å². The van der Waals surface area contributed by atoms with E-state index in [-0.39, 0.29) is 11.3 Å². The van der Waals surface area contributed by atoms with Crippen LogP contribution in [0.4, 0.5) is 5.69 Å². The number of hydrogen-bond donors (Lipinski definition) is 2. The number of ether oxygens (including phenoxy) is 1. The molecule has 0 unspecified atom stereocenters. The molecule has 0 aliphatic rings. The van der Waals surface area contributed by atoms with Crippen LogP contribution in [0.15, 0.2) is 29.8 Å². The van der Waals surface area contributed by atoms with Gasteiger partial charge in [0.25, 0.3) is 5.91 Å². The van der Waals surface area contributed by atoms with E-state index in [1.54, 1.807) is 45.0 Å². The fourth-order valence-corrected chi connectivity index (χ4v) is 2.66. The second-order valence-corrected chi connectivity index (χ2v) is 6.34. The highest BCUT2D eigenvalue weighted by Gasteiger charge is 2.14. The summed E-state index contributed by atoms with van der Waals surface area (Å²) in [5, 5.41) is 22.4. The minimum atomic E-state index is -0.559. The molecule has 2 aromatic carbocycles. The number of halogens is 1. The number of phenols is 1. The molecule has 26 heavy (non-hydrogen) atoms. The van der Waals surface area contributed by atoms with Gasteiger partial charge in [-0.2, -0.15) is 5.26 Å². The predicted octanol–water partition coefficient (Wildman–Crippen LogP) is 4.53. The van der Waals surface area contributed by atoms with Crippen molar-refractivity contribution in [3.8, 4) is 17.6 Å². The summed E-state index contributed by atoms with van der Waals surface area (Å²) >= 11 is 6.06. The Balaban J connectivity index is 2.36. The Morgan fingerprint density at radius 3 is 2.35 bits per heavy atom. The van der Waals surface area contributed by atoms with Gasteiger partial charge in [0, 0.05) is 11.1 Å². The third-order valence-corrected chi connectivity index (χ3v) is 4.33. The first-order valence-corrected chi connectivity index (χ1v) is 8.22. The number of phenolic OH excluding ortho intramolecular Hbond substituents is 1. The molecule has 0 aliphatic heterocycles. The number of nitriles is 1. The summed E-state index contributed by atoms with van der Waals surface area (Å²) < 4.78 is 5.23. The molecule has 2 N–H and O–H groups in total. The van der Waals surface area contributed by atoms with Gasteiger partial charge >= 0.3 is 0 Å². The van der Waals surface area contributed by atoms with E-state index in [0.717, 1.165) is 5.56 Å². The van der Waals surface area contributed by atoms with Crippen molar-refractivity contribution in [2.45, 2.75) is 20.8 Å². The smallest absolute Gasteiger partial charge is 0.266 e. The number of rotatable bonds is 4. The average Bonchev–Trinajstić information content (AvgIpc) is 2.60. The van der Waals surface area contributed by atoms with Crippen LogP contribution in [0.5, 0.6) is 11.5 Å². The lowest BCUT2D eigenvalue weighted by Gasteiger charge is -2.12. The lowest BCUT2D eigenvalue weighted by molar-refractivity contribution is -0.112. The zero-order valence-corrected chi connectivity index (χ0v) is 15.7. The standard InChI is InChI=1S/C20H19ClN2O3/c1-11-7-17(18(26-4)9-16(11)21)23-20(25)15(10-22)8-14-5-12(2)19(24)13(3)6-14/h5-9,24H,1-4H3,(H,23,25)/b15-8+. The van der Waals surface area contributed by atoms with Gasteiger partial charge in [-0.1, -0.05) is 11.6 Å². The lowest BCUT2D eigenvalue weighted by Crippen LogP contribution is -2.14. The van der Waals surface area contributed by atoms with Crippen LogP contribution >= 0.6 is 11.6 Å². The molecule has 1 amide bonds. The number of carbonyl (C=O) groups is 1. The van der Waals surface area contributed by atoms with Gasteiger partial charge in [0.05, 0.1) is 12.8 Å². The molecule has 0 aromatic heterocycles. The van der Waals surface area contributed by atoms with Gasteiger partial charge < -0.3 is 15.2 Å². The van der Waals surface area contributed by atoms with Crippen LogP contribution in [0, 0.1) is 32.1 Å². The van der Waals surface area contributed by atoms with Crippen LogP contribution in [0.1, 0.15) is 22.3 Å². The normalized spacial score (nSPS) is 11.0. The summed E-state index contributed by atoms with van der Waals surface area (Å²) in [6.45, 7) is 5.32. The van der Waals surface area contributed by atoms with Crippen molar-refractivity contribution in [2.24, 2.45) is 0 Å². The van der Waals surface area contributed by atoms with Crippen LogP contribution in [-0.2, 0) is 4.79 Å². The van der Waals surface area contributed by atoms with E-state index in [9.17, 15) is 15.2 Å². The quantitative estimate of drug-likeness (QED) is 0.612. The summed E-state index contributed by atoms with van der Waals surface area (Å²) in [5.41, 5.74) is 3.13. The molecular formula is C20H19ClN2O3. The van der Waals surface area contributed by atoms with Crippen molar-refractivity contribution in [2.75, 3.05) is 12.4 Å². The fourth-order valence-electron chi connectivity index (χ4n) is 2.51. The van der Waals surface area contributed by atoms with Crippen molar-refractivity contribution in [3.63, 3.8) is 0 Å². The molecule has 6 heteroatoms. The third kappa shape index (κ3) is 4.16. The average molecular weight is 371 g/mol. The number of carbonyl (C=O) groups excluding carboxylic acids is 1. The number of nitrogens with one attached hydrogen (secondary N) is 1. The maximum absolute atomic E-state index is 12.5. The maximum Gasteiger partial charge on any atom is 0.266 e. The molecule has 0 aliphatic carbocycles. The number of methoxy groups -OCH3 is 1. The molecule has 5 nitrogen and oxygen atoms in total. The van der Waals surface area contributed by atoms with Gasteiger partial charge in [-0.25, -0.2) is 0 Å². The first kappa shape index (κ1) is 19.4. The highest BCUT2D eigenvalue weighted by molar-refractivity contribution is 6.31. The van der Waals surface area contributed by atoms with Gasteiger partial charge in [-0.3, -0.25) is 4.79 Å². The maximum atomic E-state index is 12.5. The van der Waals surface area contributed by atoms with Crippen LogP contribution in [0.2, 0.25) is 5.02 Å². The number of aryl methyl sites for hydroxylation is 3. The second kappa shape index (κ2) is 7.94. The minimum absolute atomic E-state index is 0.0656. The number of amides is 1. The van der Waals surface area contributed by atoms with Gasteiger partial charge in [0.15, 0.2) is 0 Å². The summed E-state index contributed by atoms with van der Waals surface area (Å²) in [6, 6.07) is 8.61. The highest BCUT2D eigenvalue weighted by Crippen LogP contribution is 2.31. The molecule has 0 heterocycles. The van der Waals surface area contributed by atoms with E-state index in [4.69, 9.17) is 16.3 Å². The Morgan fingerprint density at radius 1 is 1.19 bits per heavy atom. The van der Waals surface area contributed by atoms with Gasteiger partial charge in [0.2, 0.25) is 0 Å². The summed E-state index contributed by atoms with van der Waals surface area (Å²) in [6.07, 6.45) is 1.48. The van der Waals surface area contributed by atoms with Gasteiger partial charge in [-0.05, 0) is 67.3 Å². The number of nitrogens with zero attached hydrogens (tertiary/aromatic N) is 1.